The highest BCUT2D eigenvalue weighted by Gasteiger charge is 2.01. The van der Waals surface area contributed by atoms with Gasteiger partial charge in [0.05, 0.1) is 13.2 Å². The van der Waals surface area contributed by atoms with Crippen LogP contribution in [0.4, 0.5) is 0 Å². The number of nitrogens with one attached hydrogen (secondary N) is 1. The number of benzene rings is 1. The van der Waals surface area contributed by atoms with Gasteiger partial charge in [-0.15, -0.1) is 0 Å². The largest absolute Gasteiger partial charge is 0.492 e. The predicted molar refractivity (Wildman–Crippen MR) is 56.6 cm³/mol. The minimum absolute atomic E-state index is 0.149. The molecule has 0 aliphatic heterocycles. The van der Waals surface area contributed by atoms with Gasteiger partial charge in [0.2, 0.25) is 0 Å². The Morgan fingerprint density at radius 3 is 2.57 bits per heavy atom. The van der Waals surface area contributed by atoms with Crippen molar-refractivity contribution >= 4 is 11.6 Å². The molecule has 0 aliphatic rings. The Labute approximate surface area is 88.9 Å². The van der Waals surface area contributed by atoms with Crippen LogP contribution in [0.3, 0.4) is 0 Å². The van der Waals surface area contributed by atoms with E-state index in [0.29, 0.717) is 11.6 Å². The zero-order valence-electron chi connectivity index (χ0n) is 8.29. The highest BCUT2D eigenvalue weighted by Crippen LogP contribution is 2.15. The molecule has 0 radical (unpaired) electrons. The van der Waals surface area contributed by atoms with Gasteiger partial charge in [0.25, 0.3) is 0 Å². The van der Waals surface area contributed by atoms with Crippen LogP contribution in [0.15, 0.2) is 24.3 Å². The molecule has 1 aromatic rings. The van der Waals surface area contributed by atoms with E-state index in [9.17, 15) is 0 Å². The minimum Gasteiger partial charge on any atom is -0.492 e. The van der Waals surface area contributed by atoms with Crippen molar-refractivity contribution < 1.29 is 9.57 Å². The lowest BCUT2D eigenvalue weighted by molar-refractivity contribution is 0.0502. The van der Waals surface area contributed by atoms with Crippen LogP contribution < -0.4 is 10.2 Å². The molecule has 0 heterocycles. The summed E-state index contributed by atoms with van der Waals surface area (Å²) in [6, 6.07) is 7.41. The van der Waals surface area contributed by atoms with Gasteiger partial charge in [0, 0.05) is 5.02 Å². The normalized spacial score (nSPS) is 12.5. The van der Waals surface area contributed by atoms with Crippen LogP contribution in [0, 0.1) is 0 Å². The molecule has 14 heavy (non-hydrogen) atoms. The molecule has 1 aromatic carbocycles. The maximum absolute atomic E-state index is 5.74. The van der Waals surface area contributed by atoms with Gasteiger partial charge in [0.1, 0.15) is 12.4 Å². The fourth-order valence-corrected chi connectivity index (χ4v) is 1.11. The van der Waals surface area contributed by atoms with Crippen molar-refractivity contribution in [3.8, 4) is 5.75 Å². The van der Waals surface area contributed by atoms with Gasteiger partial charge in [-0.2, -0.15) is 5.48 Å². The third-order valence-corrected chi connectivity index (χ3v) is 1.88. The van der Waals surface area contributed by atoms with Crippen molar-refractivity contribution in [1.29, 1.82) is 0 Å². The van der Waals surface area contributed by atoms with E-state index < -0.39 is 0 Å². The first-order valence-corrected chi connectivity index (χ1v) is 4.77. The van der Waals surface area contributed by atoms with Gasteiger partial charge < -0.3 is 9.57 Å². The quantitative estimate of drug-likeness (QED) is 0.765. The molecule has 78 valence electrons. The highest BCUT2D eigenvalue weighted by atomic mass is 35.5. The fraction of sp³-hybridized carbons (Fsp3) is 0.400. The summed E-state index contributed by atoms with van der Waals surface area (Å²) >= 11 is 5.74. The third-order valence-electron chi connectivity index (χ3n) is 1.63. The average molecular weight is 216 g/mol. The summed E-state index contributed by atoms with van der Waals surface area (Å²) in [5.41, 5.74) is 2.78. The molecule has 0 amide bonds. The monoisotopic (exact) mass is 215 g/mol. The summed E-state index contributed by atoms with van der Waals surface area (Å²) in [6.07, 6.45) is 0. The molecule has 1 N–H and O–H groups in total. The number of halogens is 1. The summed E-state index contributed by atoms with van der Waals surface area (Å²) in [6.45, 7) is 2.52. The Morgan fingerprint density at radius 2 is 2.00 bits per heavy atom. The minimum atomic E-state index is 0.149. The molecule has 0 bridgehead atoms. The summed E-state index contributed by atoms with van der Waals surface area (Å²) < 4.78 is 5.47. The number of hydrogen-bond donors (Lipinski definition) is 1. The Morgan fingerprint density at radius 1 is 1.36 bits per heavy atom. The van der Waals surface area contributed by atoms with Gasteiger partial charge >= 0.3 is 0 Å². The molecule has 3 nitrogen and oxygen atoms in total. The van der Waals surface area contributed by atoms with Crippen LogP contribution in [0.1, 0.15) is 6.92 Å². The summed E-state index contributed by atoms with van der Waals surface area (Å²) in [5, 5.41) is 0.709. The van der Waals surface area contributed by atoms with E-state index in [1.54, 1.807) is 19.2 Å². The van der Waals surface area contributed by atoms with Crippen molar-refractivity contribution in [2.45, 2.75) is 13.0 Å². The molecule has 0 saturated carbocycles. The number of ether oxygens (including phenoxy) is 1. The SMILES string of the molecule is CONC(C)COc1ccc(Cl)cc1. The molecule has 1 atom stereocenters. The molecule has 0 spiro atoms. The highest BCUT2D eigenvalue weighted by molar-refractivity contribution is 6.30. The summed E-state index contributed by atoms with van der Waals surface area (Å²) in [5.74, 6) is 0.805. The second-order valence-corrected chi connectivity index (χ2v) is 3.42. The van der Waals surface area contributed by atoms with E-state index in [4.69, 9.17) is 21.2 Å². The zero-order valence-corrected chi connectivity index (χ0v) is 9.04. The summed E-state index contributed by atoms with van der Waals surface area (Å²) in [7, 11) is 1.58. The van der Waals surface area contributed by atoms with Crippen molar-refractivity contribution in [3.05, 3.63) is 29.3 Å². The number of hydroxylamine groups is 1. The number of rotatable bonds is 5. The van der Waals surface area contributed by atoms with Gasteiger partial charge in [0.15, 0.2) is 0 Å². The second kappa shape index (κ2) is 5.86. The van der Waals surface area contributed by atoms with Crippen LogP contribution in [0.25, 0.3) is 0 Å². The van der Waals surface area contributed by atoms with Gasteiger partial charge in [-0.3, -0.25) is 0 Å². The maximum Gasteiger partial charge on any atom is 0.119 e. The topological polar surface area (TPSA) is 30.5 Å². The molecule has 1 unspecified atom stereocenters. The van der Waals surface area contributed by atoms with Crippen LogP contribution in [0.5, 0.6) is 5.75 Å². The van der Waals surface area contributed by atoms with E-state index >= 15 is 0 Å². The molecule has 1 rings (SSSR count). The Bertz CT molecular complexity index is 263. The molecule has 0 fully saturated rings. The lowest BCUT2D eigenvalue weighted by atomic mass is 10.3. The van der Waals surface area contributed by atoms with Crippen molar-refractivity contribution in [1.82, 2.24) is 5.48 Å². The lowest BCUT2D eigenvalue weighted by Crippen LogP contribution is -2.30. The molecular weight excluding hydrogens is 202 g/mol. The third kappa shape index (κ3) is 3.96. The standard InChI is InChI=1S/C10H14ClNO2/c1-8(12-13-2)7-14-10-5-3-9(11)4-6-10/h3-6,8,12H,7H2,1-2H3. The first-order chi connectivity index (χ1) is 6.72. The molecule has 0 aliphatic carbocycles. The van der Waals surface area contributed by atoms with E-state index in [1.165, 1.54) is 0 Å². The predicted octanol–water partition coefficient (Wildman–Crippen LogP) is 2.26. The van der Waals surface area contributed by atoms with Crippen LogP contribution in [-0.2, 0) is 4.84 Å². The smallest absolute Gasteiger partial charge is 0.119 e. The van der Waals surface area contributed by atoms with Crippen molar-refractivity contribution in [2.24, 2.45) is 0 Å². The Hall–Kier alpha value is -0.770. The van der Waals surface area contributed by atoms with Crippen LogP contribution >= 0.6 is 11.6 Å². The lowest BCUT2D eigenvalue weighted by Gasteiger charge is -2.12. The van der Waals surface area contributed by atoms with Crippen LogP contribution in [0.2, 0.25) is 5.02 Å². The maximum atomic E-state index is 5.74. The van der Waals surface area contributed by atoms with E-state index in [2.05, 4.69) is 5.48 Å². The summed E-state index contributed by atoms with van der Waals surface area (Å²) in [4.78, 5) is 4.76. The first-order valence-electron chi connectivity index (χ1n) is 4.39. The zero-order chi connectivity index (χ0) is 10.4. The van der Waals surface area contributed by atoms with E-state index in [-0.39, 0.29) is 6.04 Å². The van der Waals surface area contributed by atoms with E-state index in [1.807, 2.05) is 19.1 Å². The number of hydrogen-bond acceptors (Lipinski definition) is 3. The van der Waals surface area contributed by atoms with Crippen molar-refractivity contribution in [2.75, 3.05) is 13.7 Å². The molecule has 0 aromatic heterocycles. The van der Waals surface area contributed by atoms with E-state index in [0.717, 1.165) is 5.75 Å². The Kier molecular flexibility index (Phi) is 4.73. The van der Waals surface area contributed by atoms with Gasteiger partial charge in [-0.1, -0.05) is 11.6 Å². The van der Waals surface area contributed by atoms with Crippen LogP contribution in [-0.4, -0.2) is 19.8 Å². The first kappa shape index (κ1) is 11.3. The van der Waals surface area contributed by atoms with Crippen molar-refractivity contribution in [3.63, 3.8) is 0 Å². The molecule has 4 heteroatoms. The molecule has 0 saturated heterocycles. The van der Waals surface area contributed by atoms with Gasteiger partial charge in [-0.05, 0) is 31.2 Å². The molecular formula is C10H14ClNO2. The fourth-order valence-electron chi connectivity index (χ4n) is 0.987. The second-order valence-electron chi connectivity index (χ2n) is 2.99. The average Bonchev–Trinajstić information content (AvgIpc) is 2.17. The Balaban J connectivity index is 2.34. The van der Waals surface area contributed by atoms with Gasteiger partial charge in [-0.25, -0.2) is 0 Å².